The van der Waals surface area contributed by atoms with Crippen molar-refractivity contribution in [1.82, 2.24) is 9.80 Å². The van der Waals surface area contributed by atoms with Crippen molar-refractivity contribution < 1.29 is 23.8 Å². The van der Waals surface area contributed by atoms with E-state index in [-0.39, 0.29) is 30.4 Å². The summed E-state index contributed by atoms with van der Waals surface area (Å²) in [4.78, 5) is 34.8. The van der Waals surface area contributed by atoms with E-state index in [4.69, 9.17) is 14.2 Å². The maximum absolute atomic E-state index is 13.9. The van der Waals surface area contributed by atoms with Gasteiger partial charge in [-0.3, -0.25) is 4.79 Å². The van der Waals surface area contributed by atoms with Gasteiger partial charge in [-0.05, 0) is 66.3 Å². The average Bonchev–Trinajstić information content (AvgIpc) is 3.30. The van der Waals surface area contributed by atoms with Crippen molar-refractivity contribution >= 4 is 24.0 Å². The van der Waals surface area contributed by atoms with Gasteiger partial charge in [0.2, 0.25) is 5.96 Å². The fraction of sp³-hybridized carbons (Fsp3) is 0.361. The van der Waals surface area contributed by atoms with Gasteiger partial charge in [-0.25, -0.2) is 9.69 Å². The Bertz CT molecular complexity index is 1430. The number of methoxy groups -OCH3 is 1. The molecule has 8 heteroatoms. The summed E-state index contributed by atoms with van der Waals surface area (Å²) in [5, 5.41) is 0. The van der Waals surface area contributed by atoms with Crippen LogP contribution >= 0.6 is 0 Å². The fourth-order valence-electron chi connectivity index (χ4n) is 4.80. The van der Waals surface area contributed by atoms with Gasteiger partial charge in [-0.15, -0.1) is 0 Å². The minimum absolute atomic E-state index is 0.0897. The number of hydrogen-bond acceptors (Lipinski definition) is 5. The van der Waals surface area contributed by atoms with Crippen molar-refractivity contribution in [3.63, 3.8) is 0 Å². The molecule has 0 N–H and O–H groups in total. The van der Waals surface area contributed by atoms with Crippen molar-refractivity contribution in [2.75, 3.05) is 20.8 Å². The van der Waals surface area contributed by atoms with Gasteiger partial charge in [0.25, 0.3) is 5.91 Å². The van der Waals surface area contributed by atoms with Crippen LogP contribution in [-0.2, 0) is 22.6 Å². The van der Waals surface area contributed by atoms with Gasteiger partial charge in [0, 0.05) is 13.0 Å². The van der Waals surface area contributed by atoms with E-state index >= 15 is 0 Å². The minimum Gasteiger partial charge on any atom is -0.497 e. The molecule has 2 unspecified atom stereocenters. The van der Waals surface area contributed by atoms with Crippen LogP contribution in [0.1, 0.15) is 56.7 Å². The highest BCUT2D eigenvalue weighted by Gasteiger charge is 2.43. The van der Waals surface area contributed by atoms with Crippen molar-refractivity contribution in [3.05, 3.63) is 101 Å². The molecule has 1 saturated heterocycles. The number of hydrogen-bond donors (Lipinski definition) is 0. The number of unbranched alkanes of at least 4 members (excludes halogenated alkanes) is 1. The van der Waals surface area contributed by atoms with Crippen molar-refractivity contribution in [3.8, 4) is 11.5 Å². The summed E-state index contributed by atoms with van der Waals surface area (Å²) >= 11 is 0. The number of amides is 2. The molecule has 0 aliphatic carbocycles. The minimum atomic E-state index is -0.599. The molecule has 3 aromatic carbocycles. The van der Waals surface area contributed by atoms with Gasteiger partial charge in [-0.1, -0.05) is 81.8 Å². The maximum Gasteiger partial charge on any atom is 0.421 e. The molecule has 1 aliphatic rings. The van der Waals surface area contributed by atoms with Crippen molar-refractivity contribution in [2.24, 2.45) is 10.9 Å². The third kappa shape index (κ3) is 8.28. The van der Waals surface area contributed by atoms with E-state index in [1.54, 1.807) is 7.11 Å². The van der Waals surface area contributed by atoms with Crippen LogP contribution in [0.4, 0.5) is 4.79 Å². The second kappa shape index (κ2) is 15.8. The van der Waals surface area contributed by atoms with Crippen LogP contribution < -0.4 is 9.47 Å². The summed E-state index contributed by atoms with van der Waals surface area (Å²) in [6.07, 6.45) is 4.63. The number of benzene rings is 3. The molecule has 1 aliphatic heterocycles. The first-order valence-corrected chi connectivity index (χ1v) is 15.3. The van der Waals surface area contributed by atoms with E-state index in [1.807, 2.05) is 111 Å². The van der Waals surface area contributed by atoms with E-state index in [0.29, 0.717) is 25.1 Å². The summed E-state index contributed by atoms with van der Waals surface area (Å²) in [6.45, 7) is 6.69. The third-order valence-electron chi connectivity index (χ3n) is 7.76. The molecular formula is C36H43N3O5. The Balaban J connectivity index is 1.73. The normalized spacial score (nSPS) is 17.2. The molecule has 1 heterocycles. The second-order valence-corrected chi connectivity index (χ2v) is 11.0. The largest absolute Gasteiger partial charge is 0.497 e. The highest BCUT2D eigenvalue weighted by atomic mass is 16.6. The molecule has 1 fully saturated rings. The van der Waals surface area contributed by atoms with Gasteiger partial charge in [0.05, 0.1) is 25.5 Å². The number of likely N-dealkylation sites (N-methyl/N-ethyl adjacent to an activating group) is 1. The predicted molar refractivity (Wildman–Crippen MR) is 173 cm³/mol. The van der Waals surface area contributed by atoms with Crippen LogP contribution in [0.25, 0.3) is 6.08 Å². The maximum atomic E-state index is 13.9. The standard InChI is InChI=1S/C36H43N3O5/c1-6-8-22-43-31-20-16-27(17-21-31)23-32-33(24-28-14-18-30(42-5)19-15-28)39(35(38(32)4)37-34(40)26(3)7-2)36(41)44-25-29-12-10-9-11-13-29/h9-21,24,26,32H,6-8,22-23,25H2,1-5H3/b33-24-,37-35-. The van der Waals surface area contributed by atoms with Crippen LogP contribution in [0.15, 0.2) is 89.6 Å². The number of ether oxygens (including phenoxy) is 3. The number of rotatable bonds is 12. The van der Waals surface area contributed by atoms with Crippen LogP contribution in [-0.4, -0.2) is 54.6 Å². The first-order valence-electron chi connectivity index (χ1n) is 15.3. The lowest BCUT2D eigenvalue weighted by Gasteiger charge is -2.21. The number of aliphatic imine (C=N–C) groups is 1. The molecule has 0 saturated carbocycles. The molecule has 0 aromatic heterocycles. The third-order valence-corrected chi connectivity index (χ3v) is 7.76. The van der Waals surface area contributed by atoms with Crippen LogP contribution in [0.5, 0.6) is 11.5 Å². The first-order chi connectivity index (χ1) is 21.3. The Labute approximate surface area is 260 Å². The van der Waals surface area contributed by atoms with Gasteiger partial charge >= 0.3 is 6.09 Å². The average molecular weight is 598 g/mol. The topological polar surface area (TPSA) is 80.7 Å². The highest BCUT2D eigenvalue weighted by Crippen LogP contribution is 2.32. The Morgan fingerprint density at radius 2 is 1.61 bits per heavy atom. The van der Waals surface area contributed by atoms with Crippen LogP contribution in [0.2, 0.25) is 0 Å². The lowest BCUT2D eigenvalue weighted by Crippen LogP contribution is -2.38. The molecule has 2 atom stereocenters. The van der Waals surface area contributed by atoms with Gasteiger partial charge in [0.1, 0.15) is 18.1 Å². The SMILES string of the molecule is CCCCOc1ccc(CC2/C(=C/c3ccc(OC)cc3)N(C(=O)OCc3ccccc3)/C(=N\C(=O)C(C)CC)N2C)cc1. The summed E-state index contributed by atoms with van der Waals surface area (Å²) in [5.41, 5.74) is 3.45. The van der Waals surface area contributed by atoms with E-state index in [1.165, 1.54) is 4.90 Å². The summed E-state index contributed by atoms with van der Waals surface area (Å²) in [7, 11) is 3.49. The Kier molecular flexibility index (Phi) is 11.6. The summed E-state index contributed by atoms with van der Waals surface area (Å²) in [6, 6.07) is 24.8. The van der Waals surface area contributed by atoms with Crippen LogP contribution in [0, 0.1) is 5.92 Å². The number of carbonyl (C=O) groups excluding carboxylic acids is 2. The molecule has 232 valence electrons. The molecule has 0 radical (unpaired) electrons. The second-order valence-electron chi connectivity index (χ2n) is 11.0. The van der Waals surface area contributed by atoms with Crippen molar-refractivity contribution in [1.29, 1.82) is 0 Å². The van der Waals surface area contributed by atoms with Crippen LogP contribution in [0.3, 0.4) is 0 Å². The smallest absolute Gasteiger partial charge is 0.421 e. The van der Waals surface area contributed by atoms with Crippen molar-refractivity contribution in [2.45, 2.75) is 59.1 Å². The quantitative estimate of drug-likeness (QED) is 0.203. The lowest BCUT2D eigenvalue weighted by atomic mass is 10.0. The van der Waals surface area contributed by atoms with E-state index in [2.05, 4.69) is 11.9 Å². The molecule has 0 bridgehead atoms. The molecule has 2 amide bonds. The highest BCUT2D eigenvalue weighted by molar-refractivity contribution is 6.05. The molecular weight excluding hydrogens is 554 g/mol. The molecule has 8 nitrogen and oxygen atoms in total. The van der Waals surface area contributed by atoms with Gasteiger partial charge in [-0.2, -0.15) is 4.99 Å². The molecule has 4 rings (SSSR count). The molecule has 0 spiro atoms. The van der Waals surface area contributed by atoms with Gasteiger partial charge in [0.15, 0.2) is 0 Å². The molecule has 3 aromatic rings. The van der Waals surface area contributed by atoms with E-state index in [0.717, 1.165) is 41.0 Å². The number of guanidine groups is 1. The number of nitrogens with zero attached hydrogens (tertiary/aromatic N) is 3. The Morgan fingerprint density at radius 1 is 0.932 bits per heavy atom. The fourth-order valence-corrected chi connectivity index (χ4v) is 4.80. The summed E-state index contributed by atoms with van der Waals surface area (Å²) < 4.78 is 17.0. The van der Waals surface area contributed by atoms with Gasteiger partial charge < -0.3 is 19.1 Å². The lowest BCUT2D eigenvalue weighted by molar-refractivity contribution is -0.121. The predicted octanol–water partition coefficient (Wildman–Crippen LogP) is 7.34. The van der Waals surface area contributed by atoms with E-state index < -0.39 is 6.09 Å². The number of carbonyl (C=O) groups is 2. The first kappa shape index (κ1) is 32.3. The zero-order valence-electron chi connectivity index (χ0n) is 26.4. The Morgan fingerprint density at radius 3 is 2.25 bits per heavy atom. The Hall–Kier alpha value is -4.59. The summed E-state index contributed by atoms with van der Waals surface area (Å²) in [5.74, 6) is 1.23. The zero-order valence-corrected chi connectivity index (χ0v) is 26.4. The van der Waals surface area contributed by atoms with E-state index in [9.17, 15) is 9.59 Å². The molecule has 44 heavy (non-hydrogen) atoms. The monoisotopic (exact) mass is 597 g/mol. The zero-order chi connectivity index (χ0) is 31.5.